The quantitative estimate of drug-likeness (QED) is 0.617. The number of benzene rings is 2. The van der Waals surface area contributed by atoms with Crippen molar-refractivity contribution in [2.75, 3.05) is 18.9 Å². The van der Waals surface area contributed by atoms with Gasteiger partial charge in [0.15, 0.2) is 6.54 Å². The molecule has 2 rings (SSSR count). The van der Waals surface area contributed by atoms with Gasteiger partial charge in [0.25, 0.3) is 11.6 Å². The lowest BCUT2D eigenvalue weighted by molar-refractivity contribution is -0.885. The molecule has 2 aromatic rings. The van der Waals surface area contributed by atoms with Crippen LogP contribution < -0.4 is 10.2 Å². The van der Waals surface area contributed by atoms with Crippen LogP contribution in [0.15, 0.2) is 48.5 Å². The minimum atomic E-state index is -0.497. The molecule has 0 heterocycles. The minimum absolute atomic E-state index is 0.101. The Morgan fingerprint density at radius 2 is 1.73 bits per heavy atom. The fourth-order valence-corrected chi connectivity index (χ4v) is 2.74. The van der Waals surface area contributed by atoms with Gasteiger partial charge in [-0.3, -0.25) is 14.9 Å². The van der Waals surface area contributed by atoms with Gasteiger partial charge in [-0.2, -0.15) is 0 Å². The van der Waals surface area contributed by atoms with E-state index in [0.717, 1.165) is 10.5 Å². The van der Waals surface area contributed by atoms with E-state index < -0.39 is 4.92 Å². The molecule has 0 aromatic heterocycles. The third kappa shape index (κ3) is 5.39. The summed E-state index contributed by atoms with van der Waals surface area (Å²) < 4.78 is 0. The lowest BCUT2D eigenvalue weighted by Gasteiger charge is -2.19. The van der Waals surface area contributed by atoms with Crippen molar-refractivity contribution in [2.45, 2.75) is 32.7 Å². The standard InChI is InChI=1S/C20H25N3O3/c1-20(2,3)16-11-9-15(10-12-16)13-22(4)14-19(24)21-17-7-5-6-8-18(17)23(25)26/h5-12H,13-14H2,1-4H3,(H,21,24)/p+1. The van der Waals surface area contributed by atoms with E-state index in [1.807, 2.05) is 7.05 Å². The maximum atomic E-state index is 12.2. The summed E-state index contributed by atoms with van der Waals surface area (Å²) in [5.41, 5.74) is 2.66. The number of rotatable bonds is 6. The third-order valence-electron chi connectivity index (χ3n) is 4.16. The number of nitro benzene ring substituents is 1. The molecule has 0 aliphatic carbocycles. The number of hydrogen-bond acceptors (Lipinski definition) is 3. The summed E-state index contributed by atoms with van der Waals surface area (Å²) in [6, 6.07) is 14.6. The first-order chi connectivity index (χ1) is 12.2. The molecule has 0 aliphatic heterocycles. The summed E-state index contributed by atoms with van der Waals surface area (Å²) >= 11 is 0. The van der Waals surface area contributed by atoms with Crippen LogP contribution in [-0.4, -0.2) is 24.4 Å². The molecule has 1 unspecified atom stereocenters. The highest BCUT2D eigenvalue weighted by Crippen LogP contribution is 2.23. The number of hydrogen-bond donors (Lipinski definition) is 2. The van der Waals surface area contributed by atoms with E-state index >= 15 is 0 Å². The molecule has 1 atom stereocenters. The Kier molecular flexibility index (Phi) is 6.10. The summed E-state index contributed by atoms with van der Waals surface area (Å²) in [6.07, 6.45) is 0. The third-order valence-corrected chi connectivity index (χ3v) is 4.16. The Balaban J connectivity index is 1.94. The molecule has 2 N–H and O–H groups in total. The molecular weight excluding hydrogens is 330 g/mol. The molecule has 6 nitrogen and oxygen atoms in total. The second-order valence-corrected chi connectivity index (χ2v) is 7.58. The van der Waals surface area contributed by atoms with Crippen molar-refractivity contribution in [1.29, 1.82) is 0 Å². The smallest absolute Gasteiger partial charge is 0.292 e. The van der Waals surface area contributed by atoms with Crippen molar-refractivity contribution in [3.8, 4) is 0 Å². The van der Waals surface area contributed by atoms with E-state index in [2.05, 4.69) is 50.4 Å². The zero-order valence-electron chi connectivity index (χ0n) is 15.7. The second kappa shape index (κ2) is 8.10. The molecule has 0 saturated carbocycles. The number of nitro groups is 1. The van der Waals surface area contributed by atoms with E-state index in [9.17, 15) is 14.9 Å². The van der Waals surface area contributed by atoms with Gasteiger partial charge in [0.2, 0.25) is 0 Å². The van der Waals surface area contributed by atoms with Crippen LogP contribution in [0.4, 0.5) is 11.4 Å². The zero-order chi connectivity index (χ0) is 19.3. The van der Waals surface area contributed by atoms with Crippen molar-refractivity contribution in [3.63, 3.8) is 0 Å². The van der Waals surface area contributed by atoms with Crippen molar-refractivity contribution in [2.24, 2.45) is 0 Å². The van der Waals surface area contributed by atoms with Gasteiger partial charge >= 0.3 is 0 Å². The van der Waals surface area contributed by atoms with E-state index in [-0.39, 0.29) is 29.2 Å². The highest BCUT2D eigenvalue weighted by molar-refractivity contribution is 5.93. The molecule has 0 radical (unpaired) electrons. The van der Waals surface area contributed by atoms with Crippen LogP contribution in [0, 0.1) is 10.1 Å². The van der Waals surface area contributed by atoms with Gasteiger partial charge in [0.1, 0.15) is 12.2 Å². The molecule has 0 fully saturated rings. The second-order valence-electron chi connectivity index (χ2n) is 7.58. The lowest BCUT2D eigenvalue weighted by Crippen LogP contribution is -3.08. The first kappa shape index (κ1) is 19.6. The Morgan fingerprint density at radius 1 is 1.12 bits per heavy atom. The summed E-state index contributed by atoms with van der Waals surface area (Å²) in [5.74, 6) is -0.247. The zero-order valence-corrected chi connectivity index (χ0v) is 15.7. The van der Waals surface area contributed by atoms with E-state index in [1.165, 1.54) is 17.7 Å². The normalized spacial score (nSPS) is 12.5. The number of likely N-dealkylation sites (N-methyl/N-ethyl adjacent to an activating group) is 1. The molecule has 1 amide bonds. The summed E-state index contributed by atoms with van der Waals surface area (Å²) in [4.78, 5) is 23.7. The van der Waals surface area contributed by atoms with Crippen LogP contribution in [0.5, 0.6) is 0 Å². The van der Waals surface area contributed by atoms with Crippen LogP contribution in [-0.2, 0) is 16.8 Å². The maximum absolute atomic E-state index is 12.2. The Morgan fingerprint density at radius 3 is 2.31 bits per heavy atom. The molecule has 0 saturated heterocycles. The molecule has 0 spiro atoms. The van der Waals surface area contributed by atoms with Gasteiger partial charge in [-0.15, -0.1) is 0 Å². The Labute approximate surface area is 154 Å². The van der Waals surface area contributed by atoms with Gasteiger partial charge < -0.3 is 10.2 Å². The van der Waals surface area contributed by atoms with Crippen LogP contribution in [0.25, 0.3) is 0 Å². The van der Waals surface area contributed by atoms with E-state index in [1.54, 1.807) is 12.1 Å². The molecule has 0 bridgehead atoms. The van der Waals surface area contributed by atoms with Gasteiger partial charge in [0, 0.05) is 11.6 Å². The average molecular weight is 356 g/mol. The number of nitrogens with one attached hydrogen (secondary N) is 2. The largest absolute Gasteiger partial charge is 0.326 e. The fraction of sp³-hybridized carbons (Fsp3) is 0.350. The van der Waals surface area contributed by atoms with E-state index in [0.29, 0.717) is 6.54 Å². The molecule has 0 aliphatic rings. The Bertz CT molecular complexity index is 780. The van der Waals surface area contributed by atoms with E-state index in [4.69, 9.17) is 0 Å². The van der Waals surface area contributed by atoms with Gasteiger partial charge in [-0.25, -0.2) is 0 Å². The number of carbonyl (C=O) groups is 1. The van der Waals surface area contributed by atoms with Crippen molar-refractivity contribution in [3.05, 3.63) is 69.8 Å². The SMILES string of the molecule is C[NH+](CC(=O)Nc1ccccc1[N+](=O)[O-])Cc1ccc(C(C)(C)C)cc1. The molecule has 138 valence electrons. The predicted molar refractivity (Wildman–Crippen MR) is 102 cm³/mol. The van der Waals surface area contributed by atoms with Crippen molar-refractivity contribution < 1.29 is 14.6 Å². The highest BCUT2D eigenvalue weighted by atomic mass is 16.6. The average Bonchev–Trinajstić information content (AvgIpc) is 2.54. The number of nitrogens with zero attached hydrogens (tertiary/aromatic N) is 1. The fourth-order valence-electron chi connectivity index (χ4n) is 2.74. The topological polar surface area (TPSA) is 76.7 Å². The van der Waals surface area contributed by atoms with Crippen molar-refractivity contribution >= 4 is 17.3 Å². The van der Waals surface area contributed by atoms with Gasteiger partial charge in [-0.05, 0) is 17.0 Å². The monoisotopic (exact) mass is 356 g/mol. The van der Waals surface area contributed by atoms with Gasteiger partial charge in [0.05, 0.1) is 12.0 Å². The first-order valence-corrected chi connectivity index (χ1v) is 8.61. The molecular formula is C20H26N3O3+. The summed E-state index contributed by atoms with van der Waals surface area (Å²) in [6.45, 7) is 7.45. The van der Waals surface area contributed by atoms with Crippen LogP contribution in [0.1, 0.15) is 31.9 Å². The van der Waals surface area contributed by atoms with Gasteiger partial charge in [-0.1, -0.05) is 57.2 Å². The lowest BCUT2D eigenvalue weighted by atomic mass is 9.87. The number of anilines is 1. The maximum Gasteiger partial charge on any atom is 0.292 e. The number of carbonyl (C=O) groups excluding carboxylic acids is 1. The Hall–Kier alpha value is -2.73. The molecule has 26 heavy (non-hydrogen) atoms. The summed E-state index contributed by atoms with van der Waals surface area (Å²) in [7, 11) is 1.93. The van der Waals surface area contributed by atoms with Crippen LogP contribution in [0.3, 0.4) is 0 Å². The van der Waals surface area contributed by atoms with Crippen molar-refractivity contribution in [1.82, 2.24) is 0 Å². The molecule has 6 heteroatoms. The summed E-state index contributed by atoms with van der Waals surface area (Å²) in [5, 5.41) is 13.6. The highest BCUT2D eigenvalue weighted by Gasteiger charge is 2.18. The molecule has 2 aromatic carbocycles. The number of quaternary nitrogens is 1. The minimum Gasteiger partial charge on any atom is -0.326 e. The van der Waals surface area contributed by atoms with Crippen LogP contribution >= 0.6 is 0 Å². The van der Waals surface area contributed by atoms with Crippen LogP contribution in [0.2, 0.25) is 0 Å². The first-order valence-electron chi connectivity index (χ1n) is 8.61. The number of amides is 1. The number of para-hydroxylation sites is 2. The predicted octanol–water partition coefficient (Wildman–Crippen LogP) is 2.55.